The number of benzene rings is 1. The summed E-state index contributed by atoms with van der Waals surface area (Å²) in [6.07, 6.45) is 6.18. The van der Waals surface area contributed by atoms with Gasteiger partial charge >= 0.3 is 0 Å². The van der Waals surface area contributed by atoms with E-state index in [1.165, 1.54) is 30.9 Å². The number of carbonyl (C=O) groups excluding carboxylic acids is 1. The summed E-state index contributed by atoms with van der Waals surface area (Å²) < 4.78 is 13.3. The molecule has 1 saturated heterocycles. The van der Waals surface area contributed by atoms with Crippen LogP contribution in [0.2, 0.25) is 0 Å². The predicted octanol–water partition coefficient (Wildman–Crippen LogP) is 2.59. The summed E-state index contributed by atoms with van der Waals surface area (Å²) in [5.41, 5.74) is 1.31. The Morgan fingerprint density at radius 3 is 2.85 bits per heavy atom. The van der Waals surface area contributed by atoms with Gasteiger partial charge in [0.1, 0.15) is 12.1 Å². The fraction of sp³-hybridized carbons (Fsp3) is 0.267. The molecule has 0 unspecified atom stereocenters. The molecule has 1 aromatic heterocycles. The quantitative estimate of drug-likeness (QED) is 0.843. The van der Waals surface area contributed by atoms with E-state index in [9.17, 15) is 9.18 Å². The molecule has 0 spiro atoms. The number of rotatable bonds is 2. The van der Waals surface area contributed by atoms with E-state index in [1.54, 1.807) is 11.0 Å². The lowest BCUT2D eigenvalue weighted by atomic mass is 10.0. The Hall–Kier alpha value is -2.30. The maximum absolute atomic E-state index is 13.3. The molecular weight excluding hydrogens is 257 g/mol. The highest BCUT2D eigenvalue weighted by Gasteiger charge is 2.30. The average Bonchev–Trinajstić information content (AvgIpc) is 2.97. The van der Waals surface area contributed by atoms with Gasteiger partial charge in [0.25, 0.3) is 5.91 Å². The molecule has 1 aliphatic rings. The van der Waals surface area contributed by atoms with Crippen molar-refractivity contribution in [1.29, 1.82) is 0 Å². The van der Waals surface area contributed by atoms with Crippen LogP contribution in [0, 0.1) is 5.82 Å². The van der Waals surface area contributed by atoms with Gasteiger partial charge < -0.3 is 4.90 Å². The summed E-state index contributed by atoms with van der Waals surface area (Å²) in [7, 11) is 0. The van der Waals surface area contributed by atoms with Crippen molar-refractivity contribution in [2.75, 3.05) is 6.54 Å². The van der Waals surface area contributed by atoms with Gasteiger partial charge in [-0.05, 0) is 30.5 Å². The molecule has 0 aliphatic carbocycles. The number of likely N-dealkylation sites (tertiary alicyclic amines) is 1. The van der Waals surface area contributed by atoms with Crippen molar-refractivity contribution in [2.45, 2.75) is 18.9 Å². The van der Waals surface area contributed by atoms with E-state index in [4.69, 9.17) is 0 Å². The molecule has 0 bridgehead atoms. The minimum absolute atomic E-state index is 0.0709. The number of hydrogen-bond donors (Lipinski definition) is 0. The summed E-state index contributed by atoms with van der Waals surface area (Å²) in [6, 6.07) is 6.38. The Morgan fingerprint density at radius 1 is 1.30 bits per heavy atom. The van der Waals surface area contributed by atoms with Gasteiger partial charge in [0.05, 0.1) is 11.6 Å². The van der Waals surface area contributed by atoms with Crippen molar-refractivity contribution in [1.82, 2.24) is 14.9 Å². The second-order valence-electron chi connectivity index (χ2n) is 4.84. The Labute approximate surface area is 116 Å². The van der Waals surface area contributed by atoms with Gasteiger partial charge in [-0.1, -0.05) is 12.1 Å². The smallest absolute Gasteiger partial charge is 0.257 e. The number of carbonyl (C=O) groups is 1. The van der Waals surface area contributed by atoms with Crippen LogP contribution in [-0.2, 0) is 0 Å². The topological polar surface area (TPSA) is 46.1 Å². The molecular formula is C15H14FN3O. The zero-order valence-electron chi connectivity index (χ0n) is 10.9. The van der Waals surface area contributed by atoms with E-state index in [2.05, 4.69) is 9.97 Å². The number of nitrogens with zero attached hydrogens (tertiary/aromatic N) is 3. The zero-order chi connectivity index (χ0) is 13.9. The fourth-order valence-electron chi connectivity index (χ4n) is 2.65. The van der Waals surface area contributed by atoms with Gasteiger partial charge in [-0.3, -0.25) is 4.79 Å². The first kappa shape index (κ1) is 12.7. The summed E-state index contributed by atoms with van der Waals surface area (Å²) >= 11 is 0. The zero-order valence-corrected chi connectivity index (χ0v) is 10.9. The second-order valence-corrected chi connectivity index (χ2v) is 4.84. The van der Waals surface area contributed by atoms with Crippen molar-refractivity contribution in [3.63, 3.8) is 0 Å². The number of hydrogen-bond acceptors (Lipinski definition) is 3. The molecule has 4 nitrogen and oxygen atoms in total. The van der Waals surface area contributed by atoms with Gasteiger partial charge in [0, 0.05) is 18.9 Å². The molecule has 1 amide bonds. The van der Waals surface area contributed by atoms with Crippen LogP contribution in [0.15, 0.2) is 43.0 Å². The molecule has 5 heteroatoms. The van der Waals surface area contributed by atoms with Crippen molar-refractivity contribution in [3.8, 4) is 0 Å². The molecule has 102 valence electrons. The van der Waals surface area contributed by atoms with Crippen LogP contribution in [0.25, 0.3) is 0 Å². The average molecular weight is 271 g/mol. The van der Waals surface area contributed by atoms with Crippen LogP contribution in [-0.4, -0.2) is 27.3 Å². The number of halogens is 1. The first-order valence-corrected chi connectivity index (χ1v) is 6.57. The molecule has 0 N–H and O–H groups in total. The molecule has 1 aliphatic heterocycles. The molecule has 1 aromatic carbocycles. The van der Waals surface area contributed by atoms with Gasteiger partial charge in [0.2, 0.25) is 0 Å². The Bertz CT molecular complexity index is 618. The van der Waals surface area contributed by atoms with E-state index in [0.29, 0.717) is 12.1 Å². The Kier molecular flexibility index (Phi) is 3.41. The third-order valence-electron chi connectivity index (χ3n) is 3.55. The minimum Gasteiger partial charge on any atom is -0.332 e. The summed E-state index contributed by atoms with van der Waals surface area (Å²) in [4.78, 5) is 22.0. The van der Waals surface area contributed by atoms with E-state index >= 15 is 0 Å². The van der Waals surface area contributed by atoms with Crippen LogP contribution in [0.3, 0.4) is 0 Å². The van der Waals surface area contributed by atoms with Crippen LogP contribution >= 0.6 is 0 Å². The van der Waals surface area contributed by atoms with Crippen molar-refractivity contribution < 1.29 is 9.18 Å². The van der Waals surface area contributed by atoms with Gasteiger partial charge in [-0.15, -0.1) is 0 Å². The summed E-state index contributed by atoms with van der Waals surface area (Å²) in [5.74, 6) is -0.373. The van der Waals surface area contributed by atoms with Crippen molar-refractivity contribution in [3.05, 3.63) is 59.9 Å². The second kappa shape index (κ2) is 5.36. The van der Waals surface area contributed by atoms with Crippen LogP contribution < -0.4 is 0 Å². The van der Waals surface area contributed by atoms with E-state index in [1.807, 2.05) is 6.07 Å². The fourth-order valence-corrected chi connectivity index (χ4v) is 2.65. The van der Waals surface area contributed by atoms with Crippen LogP contribution in [0.5, 0.6) is 0 Å². The molecule has 1 atom stereocenters. The monoisotopic (exact) mass is 271 g/mol. The third-order valence-corrected chi connectivity index (χ3v) is 3.55. The number of aromatic nitrogens is 2. The SMILES string of the molecule is O=C(c1cncnc1)N1CCC[C@@H]1c1cccc(F)c1. The lowest BCUT2D eigenvalue weighted by Gasteiger charge is -2.25. The van der Waals surface area contributed by atoms with E-state index in [-0.39, 0.29) is 17.8 Å². The highest BCUT2D eigenvalue weighted by molar-refractivity contribution is 5.94. The Morgan fingerprint density at radius 2 is 2.10 bits per heavy atom. The van der Waals surface area contributed by atoms with Gasteiger partial charge in [-0.25, -0.2) is 14.4 Å². The molecule has 1 fully saturated rings. The molecule has 2 heterocycles. The van der Waals surface area contributed by atoms with Crippen molar-refractivity contribution in [2.24, 2.45) is 0 Å². The lowest BCUT2D eigenvalue weighted by molar-refractivity contribution is 0.0734. The standard InChI is InChI=1S/C15H14FN3O/c16-13-4-1-3-11(7-13)14-5-2-6-19(14)15(20)12-8-17-10-18-9-12/h1,3-4,7-10,14H,2,5-6H2/t14-/m1/s1. The van der Waals surface area contributed by atoms with Crippen molar-refractivity contribution >= 4 is 5.91 Å². The largest absolute Gasteiger partial charge is 0.332 e. The molecule has 20 heavy (non-hydrogen) atoms. The maximum Gasteiger partial charge on any atom is 0.257 e. The predicted molar refractivity (Wildman–Crippen MR) is 71.4 cm³/mol. The van der Waals surface area contributed by atoms with Crippen LogP contribution in [0.1, 0.15) is 34.8 Å². The summed E-state index contributed by atoms with van der Waals surface area (Å²) in [5, 5.41) is 0. The highest BCUT2D eigenvalue weighted by atomic mass is 19.1. The lowest BCUT2D eigenvalue weighted by Crippen LogP contribution is -2.30. The van der Waals surface area contributed by atoms with Gasteiger partial charge in [-0.2, -0.15) is 0 Å². The molecule has 0 saturated carbocycles. The third kappa shape index (κ3) is 2.39. The van der Waals surface area contributed by atoms with Crippen LogP contribution in [0.4, 0.5) is 4.39 Å². The minimum atomic E-state index is -0.273. The highest BCUT2D eigenvalue weighted by Crippen LogP contribution is 2.33. The molecule has 2 aromatic rings. The van der Waals surface area contributed by atoms with E-state index < -0.39 is 0 Å². The maximum atomic E-state index is 13.3. The molecule has 3 rings (SSSR count). The first-order valence-electron chi connectivity index (χ1n) is 6.57. The van der Waals surface area contributed by atoms with E-state index in [0.717, 1.165) is 18.4 Å². The number of amides is 1. The normalized spacial score (nSPS) is 18.2. The van der Waals surface area contributed by atoms with Gasteiger partial charge in [0.15, 0.2) is 0 Å². The first-order chi connectivity index (χ1) is 9.75. The molecule has 0 radical (unpaired) electrons. The Balaban J connectivity index is 1.88. The summed E-state index contributed by atoms with van der Waals surface area (Å²) in [6.45, 7) is 0.676.